The van der Waals surface area contributed by atoms with E-state index in [4.69, 9.17) is 4.74 Å². The first-order valence-corrected chi connectivity index (χ1v) is 8.91. The van der Waals surface area contributed by atoms with Crippen LogP contribution in [0.3, 0.4) is 0 Å². The summed E-state index contributed by atoms with van der Waals surface area (Å²) in [6, 6.07) is 14.8. The van der Waals surface area contributed by atoms with Crippen molar-refractivity contribution < 1.29 is 9.53 Å². The molecular formula is C21H24N2O2. The number of hydrogen-bond donors (Lipinski definition) is 0. The largest absolute Gasteiger partial charge is 0.496 e. The molecule has 130 valence electrons. The highest BCUT2D eigenvalue weighted by Crippen LogP contribution is 2.34. The summed E-state index contributed by atoms with van der Waals surface area (Å²) in [7, 11) is 1.68. The lowest BCUT2D eigenvalue weighted by Gasteiger charge is -2.45. The smallest absolute Gasteiger partial charge is 0.254 e. The van der Waals surface area contributed by atoms with Crippen molar-refractivity contribution in [2.75, 3.05) is 26.7 Å². The lowest BCUT2D eigenvalue weighted by molar-refractivity contribution is 0.0398. The highest BCUT2D eigenvalue weighted by Gasteiger charge is 2.38. The van der Waals surface area contributed by atoms with E-state index in [9.17, 15) is 4.79 Å². The van der Waals surface area contributed by atoms with Crippen LogP contribution in [0, 0.1) is 6.92 Å². The van der Waals surface area contributed by atoms with Crippen molar-refractivity contribution in [3.8, 4) is 5.75 Å². The molecule has 4 nitrogen and oxygen atoms in total. The van der Waals surface area contributed by atoms with Crippen LogP contribution in [0.25, 0.3) is 0 Å². The molecule has 2 heterocycles. The normalized spacial score (nSPS) is 20.2. The third-order valence-corrected chi connectivity index (χ3v) is 5.43. The summed E-state index contributed by atoms with van der Waals surface area (Å²) in [5.41, 5.74) is 4.31. The van der Waals surface area contributed by atoms with Gasteiger partial charge in [0, 0.05) is 43.3 Å². The van der Waals surface area contributed by atoms with Gasteiger partial charge in [-0.25, -0.2) is 0 Å². The second-order valence-electron chi connectivity index (χ2n) is 7.02. The van der Waals surface area contributed by atoms with E-state index in [1.807, 2.05) is 25.1 Å². The number of carbonyl (C=O) groups excluding carboxylic acids is 1. The molecule has 25 heavy (non-hydrogen) atoms. The number of amides is 1. The number of fused-ring (bicyclic) bond motifs is 2. The number of piperazine rings is 1. The maximum Gasteiger partial charge on any atom is 0.254 e. The number of hydrogen-bond acceptors (Lipinski definition) is 3. The molecule has 0 spiro atoms. The Morgan fingerprint density at radius 2 is 1.92 bits per heavy atom. The van der Waals surface area contributed by atoms with Crippen LogP contribution in [0.15, 0.2) is 42.5 Å². The van der Waals surface area contributed by atoms with Gasteiger partial charge < -0.3 is 9.64 Å². The fraction of sp³-hybridized carbons (Fsp3) is 0.381. The molecule has 4 heteroatoms. The van der Waals surface area contributed by atoms with E-state index >= 15 is 0 Å². The van der Waals surface area contributed by atoms with Crippen molar-refractivity contribution in [3.63, 3.8) is 0 Å². The van der Waals surface area contributed by atoms with Gasteiger partial charge in [-0.2, -0.15) is 0 Å². The highest BCUT2D eigenvalue weighted by atomic mass is 16.5. The van der Waals surface area contributed by atoms with Crippen LogP contribution in [0.2, 0.25) is 0 Å². The number of rotatable bonds is 3. The van der Waals surface area contributed by atoms with Gasteiger partial charge in [0.05, 0.1) is 7.11 Å². The van der Waals surface area contributed by atoms with Crippen LogP contribution < -0.4 is 4.74 Å². The minimum absolute atomic E-state index is 0.169. The summed E-state index contributed by atoms with van der Waals surface area (Å²) >= 11 is 0. The van der Waals surface area contributed by atoms with Gasteiger partial charge in [-0.05, 0) is 30.5 Å². The molecule has 2 aromatic rings. The Labute approximate surface area is 149 Å². The lowest BCUT2D eigenvalue weighted by Crippen LogP contribution is -2.57. The van der Waals surface area contributed by atoms with Crippen LogP contribution in [-0.4, -0.2) is 48.5 Å². The molecule has 1 saturated heterocycles. The number of methoxy groups -OCH3 is 1. The Kier molecular flexibility index (Phi) is 4.22. The van der Waals surface area contributed by atoms with Crippen LogP contribution in [0.1, 0.15) is 27.0 Å². The lowest BCUT2D eigenvalue weighted by atomic mass is 9.88. The van der Waals surface area contributed by atoms with Gasteiger partial charge in [0.2, 0.25) is 0 Å². The predicted molar refractivity (Wildman–Crippen MR) is 98.0 cm³/mol. The fourth-order valence-corrected chi connectivity index (χ4v) is 4.16. The van der Waals surface area contributed by atoms with Crippen molar-refractivity contribution in [2.45, 2.75) is 25.9 Å². The standard InChI is InChI=1S/C21H24N2O2/c1-15-8-9-19(25-2)18-12-17-14-22(13-16-6-4-3-5-7-16)10-11-23(17)21(24)20(15)18/h3-9,17H,10-14H2,1-2H3. The molecule has 2 aliphatic rings. The van der Waals surface area contributed by atoms with Crippen molar-refractivity contribution in [2.24, 2.45) is 0 Å². The minimum atomic E-state index is 0.169. The number of benzene rings is 2. The molecule has 2 aliphatic heterocycles. The van der Waals surface area contributed by atoms with Gasteiger partial charge in [-0.1, -0.05) is 36.4 Å². The summed E-state index contributed by atoms with van der Waals surface area (Å²) in [6.45, 7) is 5.60. The first kappa shape index (κ1) is 16.2. The zero-order valence-corrected chi connectivity index (χ0v) is 14.9. The summed E-state index contributed by atoms with van der Waals surface area (Å²) in [4.78, 5) is 17.6. The van der Waals surface area contributed by atoms with Crippen LogP contribution in [0.4, 0.5) is 0 Å². The quantitative estimate of drug-likeness (QED) is 0.864. The van der Waals surface area contributed by atoms with E-state index < -0.39 is 0 Å². The molecule has 0 saturated carbocycles. The highest BCUT2D eigenvalue weighted by molar-refractivity contribution is 5.99. The Hall–Kier alpha value is -2.33. The van der Waals surface area contributed by atoms with E-state index in [-0.39, 0.29) is 11.9 Å². The van der Waals surface area contributed by atoms with E-state index in [1.54, 1.807) is 7.11 Å². The number of aryl methyl sites for hydroxylation is 1. The average Bonchev–Trinajstić information content (AvgIpc) is 2.63. The summed E-state index contributed by atoms with van der Waals surface area (Å²) < 4.78 is 5.53. The van der Waals surface area contributed by atoms with Crippen molar-refractivity contribution in [3.05, 3.63) is 64.7 Å². The predicted octanol–water partition coefficient (Wildman–Crippen LogP) is 2.89. The third-order valence-electron chi connectivity index (χ3n) is 5.43. The molecule has 1 atom stereocenters. The van der Waals surface area contributed by atoms with Gasteiger partial charge in [0.15, 0.2) is 0 Å². The summed E-state index contributed by atoms with van der Waals surface area (Å²) in [5.74, 6) is 1.01. The monoisotopic (exact) mass is 336 g/mol. The van der Waals surface area contributed by atoms with Crippen LogP contribution in [-0.2, 0) is 13.0 Å². The van der Waals surface area contributed by atoms with E-state index in [0.717, 1.165) is 55.0 Å². The molecule has 0 radical (unpaired) electrons. The Morgan fingerprint density at radius 1 is 1.12 bits per heavy atom. The number of nitrogens with zero attached hydrogens (tertiary/aromatic N) is 2. The van der Waals surface area contributed by atoms with Crippen molar-refractivity contribution in [1.29, 1.82) is 0 Å². The van der Waals surface area contributed by atoms with E-state index in [1.165, 1.54) is 5.56 Å². The van der Waals surface area contributed by atoms with E-state index in [2.05, 4.69) is 34.1 Å². The van der Waals surface area contributed by atoms with E-state index in [0.29, 0.717) is 0 Å². The summed E-state index contributed by atoms with van der Waals surface area (Å²) in [6.07, 6.45) is 0.872. The first-order chi connectivity index (χ1) is 12.2. The molecule has 0 N–H and O–H groups in total. The van der Waals surface area contributed by atoms with Gasteiger partial charge in [0.25, 0.3) is 5.91 Å². The van der Waals surface area contributed by atoms with Gasteiger partial charge in [-0.3, -0.25) is 9.69 Å². The minimum Gasteiger partial charge on any atom is -0.496 e. The second kappa shape index (κ2) is 6.52. The van der Waals surface area contributed by atoms with Crippen LogP contribution in [0.5, 0.6) is 5.75 Å². The molecule has 1 fully saturated rings. The number of ether oxygens (including phenoxy) is 1. The third kappa shape index (κ3) is 2.91. The molecular weight excluding hydrogens is 312 g/mol. The Morgan fingerprint density at radius 3 is 2.68 bits per heavy atom. The van der Waals surface area contributed by atoms with Gasteiger partial charge in [0.1, 0.15) is 5.75 Å². The second-order valence-corrected chi connectivity index (χ2v) is 7.02. The Balaban J connectivity index is 1.58. The number of carbonyl (C=O) groups is 1. The zero-order valence-electron chi connectivity index (χ0n) is 14.9. The van der Waals surface area contributed by atoms with Crippen molar-refractivity contribution in [1.82, 2.24) is 9.80 Å². The first-order valence-electron chi connectivity index (χ1n) is 8.91. The molecule has 4 rings (SSSR count). The Bertz CT molecular complexity index is 788. The zero-order chi connectivity index (χ0) is 17.4. The molecule has 2 aromatic carbocycles. The molecule has 0 aliphatic carbocycles. The topological polar surface area (TPSA) is 32.8 Å². The fourth-order valence-electron chi connectivity index (χ4n) is 4.16. The van der Waals surface area contributed by atoms with Gasteiger partial charge >= 0.3 is 0 Å². The SMILES string of the molecule is COc1ccc(C)c2c1CC1CN(Cc3ccccc3)CCN1C2=O. The molecule has 1 unspecified atom stereocenters. The summed E-state index contributed by atoms with van der Waals surface area (Å²) in [5, 5.41) is 0. The molecule has 0 aromatic heterocycles. The van der Waals surface area contributed by atoms with Crippen LogP contribution >= 0.6 is 0 Å². The maximum atomic E-state index is 13.1. The van der Waals surface area contributed by atoms with Crippen molar-refractivity contribution >= 4 is 5.91 Å². The maximum absolute atomic E-state index is 13.1. The molecule has 0 bridgehead atoms. The average molecular weight is 336 g/mol. The van der Waals surface area contributed by atoms with Gasteiger partial charge in [-0.15, -0.1) is 0 Å². The molecule has 1 amide bonds.